The van der Waals surface area contributed by atoms with Crippen LogP contribution in [0, 0.1) is 0 Å². The molecule has 18 heavy (non-hydrogen) atoms. The maximum atomic E-state index is 11.4. The van der Waals surface area contributed by atoms with Gasteiger partial charge in [-0.15, -0.1) is 0 Å². The Kier molecular flexibility index (Phi) is 4.59. The summed E-state index contributed by atoms with van der Waals surface area (Å²) < 4.78 is 5.87. The molecule has 0 unspecified atom stereocenters. The molecule has 1 aromatic carbocycles. The smallest absolute Gasteiger partial charge is 0.317 e. The zero-order chi connectivity index (χ0) is 12.8. The van der Waals surface area contributed by atoms with E-state index in [1.54, 1.807) is 7.05 Å². The fourth-order valence-electron chi connectivity index (χ4n) is 2.17. The van der Waals surface area contributed by atoms with Crippen molar-refractivity contribution >= 4 is 6.03 Å². The van der Waals surface area contributed by atoms with Crippen LogP contribution in [0.5, 0.6) is 0 Å². The summed E-state index contributed by atoms with van der Waals surface area (Å²) in [5.41, 5.74) is 1.20. The number of nitrogens with zero attached hydrogens (tertiary/aromatic N) is 1. The van der Waals surface area contributed by atoms with Crippen LogP contribution < -0.4 is 5.32 Å². The van der Waals surface area contributed by atoms with Gasteiger partial charge < -0.3 is 15.0 Å². The number of likely N-dealkylation sites (tertiary alicyclic amines) is 1. The first kappa shape index (κ1) is 12.9. The fraction of sp³-hybridized carbons (Fsp3) is 0.500. The predicted molar refractivity (Wildman–Crippen MR) is 70.3 cm³/mol. The molecule has 0 atom stereocenters. The topological polar surface area (TPSA) is 41.6 Å². The van der Waals surface area contributed by atoms with Gasteiger partial charge in [0.2, 0.25) is 0 Å². The van der Waals surface area contributed by atoms with Crippen LogP contribution in [0.3, 0.4) is 0 Å². The van der Waals surface area contributed by atoms with E-state index in [1.165, 1.54) is 5.56 Å². The second-order valence-electron chi connectivity index (χ2n) is 4.54. The monoisotopic (exact) mass is 248 g/mol. The number of nitrogens with one attached hydrogen (secondary N) is 1. The number of carbonyl (C=O) groups excluding carboxylic acids is 1. The summed E-state index contributed by atoms with van der Waals surface area (Å²) in [6.45, 7) is 2.21. The van der Waals surface area contributed by atoms with Crippen molar-refractivity contribution in [1.29, 1.82) is 0 Å². The Balaban J connectivity index is 1.72. The Morgan fingerprint density at radius 1 is 1.33 bits per heavy atom. The molecule has 0 spiro atoms. The summed E-state index contributed by atoms with van der Waals surface area (Å²) >= 11 is 0. The average Bonchev–Trinajstić information content (AvgIpc) is 2.46. The van der Waals surface area contributed by atoms with Gasteiger partial charge in [0.25, 0.3) is 0 Å². The molecule has 1 aromatic rings. The molecule has 1 fully saturated rings. The SMILES string of the molecule is CNC(=O)N1CCC(OCc2ccccc2)CC1. The first-order valence-electron chi connectivity index (χ1n) is 6.42. The maximum Gasteiger partial charge on any atom is 0.317 e. The number of piperidine rings is 1. The zero-order valence-corrected chi connectivity index (χ0v) is 10.8. The van der Waals surface area contributed by atoms with Crippen LogP contribution in [0.2, 0.25) is 0 Å². The van der Waals surface area contributed by atoms with Crippen molar-refractivity contribution in [1.82, 2.24) is 10.2 Å². The third-order valence-electron chi connectivity index (χ3n) is 3.27. The van der Waals surface area contributed by atoms with Crippen molar-refractivity contribution in [2.24, 2.45) is 0 Å². The van der Waals surface area contributed by atoms with Crippen molar-refractivity contribution in [3.8, 4) is 0 Å². The standard InChI is InChI=1S/C14H20N2O2/c1-15-14(17)16-9-7-13(8-10-16)18-11-12-5-3-2-4-6-12/h2-6,13H,7-11H2,1H3,(H,15,17). The highest BCUT2D eigenvalue weighted by molar-refractivity contribution is 5.73. The Morgan fingerprint density at radius 3 is 2.61 bits per heavy atom. The zero-order valence-electron chi connectivity index (χ0n) is 10.8. The van der Waals surface area contributed by atoms with Gasteiger partial charge in [-0.1, -0.05) is 30.3 Å². The second-order valence-corrected chi connectivity index (χ2v) is 4.54. The molecule has 1 heterocycles. The molecule has 4 nitrogen and oxygen atoms in total. The molecule has 0 aromatic heterocycles. The molecule has 0 saturated carbocycles. The van der Waals surface area contributed by atoms with Gasteiger partial charge >= 0.3 is 6.03 Å². The molecule has 0 aliphatic carbocycles. The highest BCUT2D eigenvalue weighted by atomic mass is 16.5. The summed E-state index contributed by atoms with van der Waals surface area (Å²) in [5.74, 6) is 0. The first-order valence-corrected chi connectivity index (χ1v) is 6.42. The fourth-order valence-corrected chi connectivity index (χ4v) is 2.17. The van der Waals surface area contributed by atoms with Crippen molar-refractivity contribution in [2.45, 2.75) is 25.6 Å². The number of urea groups is 1. The van der Waals surface area contributed by atoms with Gasteiger partial charge in [0.1, 0.15) is 0 Å². The first-order chi connectivity index (χ1) is 8.79. The maximum absolute atomic E-state index is 11.4. The van der Waals surface area contributed by atoms with E-state index in [-0.39, 0.29) is 12.1 Å². The molecular weight excluding hydrogens is 228 g/mol. The highest BCUT2D eigenvalue weighted by Crippen LogP contribution is 2.15. The van der Waals surface area contributed by atoms with Crippen molar-refractivity contribution < 1.29 is 9.53 Å². The van der Waals surface area contributed by atoms with E-state index in [4.69, 9.17) is 4.74 Å². The van der Waals surface area contributed by atoms with Gasteiger partial charge in [-0.2, -0.15) is 0 Å². The van der Waals surface area contributed by atoms with Crippen LogP contribution >= 0.6 is 0 Å². The van der Waals surface area contributed by atoms with Crippen molar-refractivity contribution in [3.05, 3.63) is 35.9 Å². The summed E-state index contributed by atoms with van der Waals surface area (Å²) in [5, 5.41) is 2.65. The Hall–Kier alpha value is -1.55. The molecule has 2 amide bonds. The van der Waals surface area contributed by atoms with Crippen molar-refractivity contribution in [2.75, 3.05) is 20.1 Å². The predicted octanol–water partition coefficient (Wildman–Crippen LogP) is 2.01. The minimum absolute atomic E-state index is 0.0107. The van der Waals surface area contributed by atoms with Crippen LogP contribution in [-0.2, 0) is 11.3 Å². The minimum Gasteiger partial charge on any atom is -0.373 e. The lowest BCUT2D eigenvalue weighted by Gasteiger charge is -2.31. The molecule has 98 valence electrons. The van der Waals surface area contributed by atoms with Crippen LogP contribution in [0.4, 0.5) is 4.79 Å². The summed E-state index contributed by atoms with van der Waals surface area (Å²) in [7, 11) is 1.67. The van der Waals surface area contributed by atoms with Crippen LogP contribution in [0.1, 0.15) is 18.4 Å². The largest absolute Gasteiger partial charge is 0.373 e. The quantitative estimate of drug-likeness (QED) is 0.889. The highest BCUT2D eigenvalue weighted by Gasteiger charge is 2.22. The Bertz CT molecular complexity index is 373. The third-order valence-corrected chi connectivity index (χ3v) is 3.27. The summed E-state index contributed by atoms with van der Waals surface area (Å²) in [4.78, 5) is 13.3. The van der Waals surface area contributed by atoms with E-state index < -0.39 is 0 Å². The number of amides is 2. The number of ether oxygens (including phenoxy) is 1. The van der Waals surface area contributed by atoms with Crippen molar-refractivity contribution in [3.63, 3.8) is 0 Å². The third kappa shape index (κ3) is 3.47. The minimum atomic E-state index is 0.0107. The lowest BCUT2D eigenvalue weighted by molar-refractivity contribution is 0.00459. The van der Waals surface area contributed by atoms with E-state index >= 15 is 0 Å². The molecule has 0 bridgehead atoms. The van der Waals surface area contributed by atoms with Crippen LogP contribution in [-0.4, -0.2) is 37.2 Å². The number of carbonyl (C=O) groups is 1. The summed E-state index contributed by atoms with van der Waals surface area (Å²) in [6, 6.07) is 10.2. The van der Waals surface area contributed by atoms with Gasteiger partial charge in [0, 0.05) is 20.1 Å². The molecule has 2 rings (SSSR count). The summed E-state index contributed by atoms with van der Waals surface area (Å²) in [6.07, 6.45) is 2.10. The molecule has 1 aliphatic rings. The normalized spacial score (nSPS) is 16.6. The molecule has 4 heteroatoms. The molecule has 1 aliphatic heterocycles. The lowest BCUT2D eigenvalue weighted by Crippen LogP contribution is -2.44. The van der Waals surface area contributed by atoms with E-state index in [0.717, 1.165) is 25.9 Å². The number of benzene rings is 1. The molecular formula is C14H20N2O2. The van der Waals surface area contributed by atoms with Gasteiger partial charge in [-0.05, 0) is 18.4 Å². The Labute approximate surface area is 108 Å². The van der Waals surface area contributed by atoms with E-state index in [0.29, 0.717) is 6.61 Å². The van der Waals surface area contributed by atoms with E-state index in [1.807, 2.05) is 23.1 Å². The second kappa shape index (κ2) is 6.40. The van der Waals surface area contributed by atoms with Gasteiger partial charge in [-0.3, -0.25) is 0 Å². The van der Waals surface area contributed by atoms with E-state index in [9.17, 15) is 4.79 Å². The number of rotatable bonds is 3. The lowest BCUT2D eigenvalue weighted by atomic mass is 10.1. The number of hydrogen-bond donors (Lipinski definition) is 1. The average molecular weight is 248 g/mol. The van der Waals surface area contributed by atoms with Gasteiger partial charge in [-0.25, -0.2) is 4.79 Å². The van der Waals surface area contributed by atoms with Crippen LogP contribution in [0.15, 0.2) is 30.3 Å². The molecule has 0 radical (unpaired) electrons. The van der Waals surface area contributed by atoms with Gasteiger partial charge in [0.15, 0.2) is 0 Å². The molecule has 1 N–H and O–H groups in total. The molecule has 1 saturated heterocycles. The van der Waals surface area contributed by atoms with Gasteiger partial charge in [0.05, 0.1) is 12.7 Å². The Morgan fingerprint density at radius 2 is 2.00 bits per heavy atom. The number of hydrogen-bond acceptors (Lipinski definition) is 2. The van der Waals surface area contributed by atoms with Crippen LogP contribution in [0.25, 0.3) is 0 Å². The van der Waals surface area contributed by atoms with E-state index in [2.05, 4.69) is 17.4 Å².